The van der Waals surface area contributed by atoms with Crippen molar-refractivity contribution in [3.63, 3.8) is 0 Å². The van der Waals surface area contributed by atoms with Gasteiger partial charge >= 0.3 is 0 Å². The van der Waals surface area contributed by atoms with E-state index in [0.29, 0.717) is 12.2 Å². The lowest BCUT2D eigenvalue weighted by molar-refractivity contribution is 0.0240. The van der Waals surface area contributed by atoms with E-state index in [1.165, 1.54) is 64.6 Å². The zero-order valence-corrected chi connectivity index (χ0v) is 13.6. The van der Waals surface area contributed by atoms with Gasteiger partial charge in [-0.2, -0.15) is 0 Å². The van der Waals surface area contributed by atoms with E-state index in [0.717, 1.165) is 19.0 Å². The monoisotopic (exact) mass is 282 g/mol. The Labute approximate surface area is 125 Å². The highest BCUT2D eigenvalue weighted by molar-refractivity contribution is 4.79. The van der Waals surface area contributed by atoms with Gasteiger partial charge in [-0.05, 0) is 57.7 Å². The number of ether oxygens (including phenoxy) is 1. The van der Waals surface area contributed by atoms with E-state index >= 15 is 0 Å². The Kier molecular flexibility index (Phi) is 7.32. The molecule has 1 N–H and O–H groups in total. The number of nitrogens with zero attached hydrogens (tertiary/aromatic N) is 1. The molecule has 0 saturated carbocycles. The summed E-state index contributed by atoms with van der Waals surface area (Å²) in [5.41, 5.74) is 0. The van der Waals surface area contributed by atoms with E-state index in [9.17, 15) is 0 Å². The molecule has 3 atom stereocenters. The second-order valence-corrected chi connectivity index (χ2v) is 6.65. The molecule has 0 spiro atoms. The fourth-order valence-electron chi connectivity index (χ4n) is 3.76. The van der Waals surface area contributed by atoms with Gasteiger partial charge in [0.25, 0.3) is 0 Å². The van der Waals surface area contributed by atoms with Crippen molar-refractivity contribution in [1.29, 1.82) is 0 Å². The van der Waals surface area contributed by atoms with Gasteiger partial charge in [0.15, 0.2) is 0 Å². The maximum absolute atomic E-state index is 6.18. The zero-order valence-electron chi connectivity index (χ0n) is 13.6. The molecule has 3 nitrogen and oxygen atoms in total. The number of hydrogen-bond donors (Lipinski definition) is 1. The molecule has 20 heavy (non-hydrogen) atoms. The van der Waals surface area contributed by atoms with Gasteiger partial charge in [0.2, 0.25) is 0 Å². The van der Waals surface area contributed by atoms with Crippen LogP contribution in [0.15, 0.2) is 0 Å². The number of likely N-dealkylation sites (N-methyl/N-ethyl adjacent to an activating group) is 1. The quantitative estimate of drug-likeness (QED) is 0.777. The largest absolute Gasteiger partial charge is 0.372 e. The average molecular weight is 282 g/mol. The lowest BCUT2D eigenvalue weighted by Crippen LogP contribution is -2.34. The molecule has 2 heterocycles. The van der Waals surface area contributed by atoms with E-state index in [1.54, 1.807) is 0 Å². The van der Waals surface area contributed by atoms with Crippen LogP contribution in [0.25, 0.3) is 0 Å². The smallest absolute Gasteiger partial charge is 0.0707 e. The number of nitrogens with one attached hydrogen (secondary N) is 1. The van der Waals surface area contributed by atoms with E-state index in [1.807, 2.05) is 0 Å². The van der Waals surface area contributed by atoms with Gasteiger partial charge in [-0.25, -0.2) is 0 Å². The highest BCUT2D eigenvalue weighted by Crippen LogP contribution is 2.24. The van der Waals surface area contributed by atoms with Crippen LogP contribution in [0.3, 0.4) is 0 Å². The first kappa shape index (κ1) is 16.3. The Morgan fingerprint density at radius 3 is 2.70 bits per heavy atom. The predicted molar refractivity (Wildman–Crippen MR) is 85.1 cm³/mol. The van der Waals surface area contributed by atoms with Crippen LogP contribution in [0.1, 0.15) is 58.8 Å². The van der Waals surface area contributed by atoms with Crippen LogP contribution in [0.5, 0.6) is 0 Å². The first-order chi connectivity index (χ1) is 9.81. The standard InChI is InChI=1S/C17H34N2O/c1-3-6-15-7-5-11-19(12-10-15)14-17-9-8-16(20-17)13-18-4-2/h15-18H,3-14H2,1-2H3. The molecule has 0 aromatic carbocycles. The lowest BCUT2D eigenvalue weighted by atomic mass is 9.96. The van der Waals surface area contributed by atoms with Crippen LogP contribution in [-0.2, 0) is 4.74 Å². The third-order valence-electron chi connectivity index (χ3n) is 4.92. The number of hydrogen-bond acceptors (Lipinski definition) is 3. The van der Waals surface area contributed by atoms with E-state index in [-0.39, 0.29) is 0 Å². The van der Waals surface area contributed by atoms with Crippen molar-refractivity contribution in [2.24, 2.45) is 5.92 Å². The second kappa shape index (κ2) is 9.01. The van der Waals surface area contributed by atoms with E-state index < -0.39 is 0 Å². The zero-order chi connectivity index (χ0) is 14.2. The summed E-state index contributed by atoms with van der Waals surface area (Å²) in [7, 11) is 0. The van der Waals surface area contributed by atoms with Crippen LogP contribution >= 0.6 is 0 Å². The Hall–Kier alpha value is -0.120. The van der Waals surface area contributed by atoms with Crippen molar-refractivity contribution in [1.82, 2.24) is 10.2 Å². The summed E-state index contributed by atoms with van der Waals surface area (Å²) >= 11 is 0. The summed E-state index contributed by atoms with van der Waals surface area (Å²) in [6.45, 7) is 10.3. The molecule has 0 aromatic heterocycles. The Bertz CT molecular complexity index is 259. The molecule has 2 saturated heterocycles. The van der Waals surface area contributed by atoms with Crippen molar-refractivity contribution < 1.29 is 4.74 Å². The van der Waals surface area contributed by atoms with Gasteiger partial charge in [0.05, 0.1) is 12.2 Å². The summed E-state index contributed by atoms with van der Waals surface area (Å²) in [4.78, 5) is 2.66. The van der Waals surface area contributed by atoms with E-state index in [2.05, 4.69) is 24.1 Å². The highest BCUT2D eigenvalue weighted by Gasteiger charge is 2.27. The molecule has 0 radical (unpaired) electrons. The molecule has 2 rings (SSSR count). The molecule has 118 valence electrons. The summed E-state index contributed by atoms with van der Waals surface area (Å²) < 4.78 is 6.18. The summed E-state index contributed by atoms with van der Waals surface area (Å²) in [6.07, 6.45) is 10.5. The van der Waals surface area contributed by atoms with Gasteiger partial charge in [-0.1, -0.05) is 26.7 Å². The van der Waals surface area contributed by atoms with Crippen molar-refractivity contribution in [2.45, 2.75) is 71.0 Å². The molecule has 3 heteroatoms. The molecule has 0 amide bonds. The van der Waals surface area contributed by atoms with Gasteiger partial charge in [0.1, 0.15) is 0 Å². The fourth-order valence-corrected chi connectivity index (χ4v) is 3.76. The molecule has 2 aliphatic rings. The fraction of sp³-hybridized carbons (Fsp3) is 1.00. The molecule has 3 unspecified atom stereocenters. The van der Waals surface area contributed by atoms with Gasteiger partial charge < -0.3 is 15.0 Å². The van der Waals surface area contributed by atoms with Crippen LogP contribution in [-0.4, -0.2) is 49.8 Å². The molecule has 0 aromatic rings. The summed E-state index contributed by atoms with van der Waals surface area (Å²) in [5, 5.41) is 3.41. The number of rotatable bonds is 7. The molecule has 0 aliphatic carbocycles. The Balaban J connectivity index is 1.66. The summed E-state index contributed by atoms with van der Waals surface area (Å²) in [5.74, 6) is 0.982. The second-order valence-electron chi connectivity index (χ2n) is 6.65. The Morgan fingerprint density at radius 1 is 1.05 bits per heavy atom. The number of likely N-dealkylation sites (tertiary alicyclic amines) is 1. The van der Waals surface area contributed by atoms with Crippen LogP contribution in [0.2, 0.25) is 0 Å². The Morgan fingerprint density at radius 2 is 1.90 bits per heavy atom. The topological polar surface area (TPSA) is 24.5 Å². The minimum Gasteiger partial charge on any atom is -0.372 e. The normalized spacial score (nSPS) is 32.4. The third kappa shape index (κ3) is 5.34. The van der Waals surface area contributed by atoms with Crippen LogP contribution in [0, 0.1) is 5.92 Å². The van der Waals surface area contributed by atoms with Crippen molar-refractivity contribution in [3.05, 3.63) is 0 Å². The van der Waals surface area contributed by atoms with Crippen molar-refractivity contribution in [2.75, 3.05) is 32.7 Å². The van der Waals surface area contributed by atoms with E-state index in [4.69, 9.17) is 4.74 Å². The SMILES string of the molecule is CCCC1CCCN(CC2CCC(CNCC)O2)CC1. The van der Waals surface area contributed by atoms with Crippen LogP contribution < -0.4 is 5.32 Å². The highest BCUT2D eigenvalue weighted by atomic mass is 16.5. The lowest BCUT2D eigenvalue weighted by Gasteiger charge is -2.24. The molecule has 2 aliphatic heterocycles. The van der Waals surface area contributed by atoms with Crippen LogP contribution in [0.4, 0.5) is 0 Å². The average Bonchev–Trinajstić information content (AvgIpc) is 2.77. The first-order valence-electron chi connectivity index (χ1n) is 8.90. The molecule has 0 bridgehead atoms. The summed E-state index contributed by atoms with van der Waals surface area (Å²) in [6, 6.07) is 0. The van der Waals surface area contributed by atoms with Crippen molar-refractivity contribution in [3.8, 4) is 0 Å². The predicted octanol–water partition coefficient (Wildman–Crippen LogP) is 3.05. The molecule has 2 fully saturated rings. The van der Waals surface area contributed by atoms with Gasteiger partial charge in [0, 0.05) is 13.1 Å². The third-order valence-corrected chi connectivity index (χ3v) is 4.92. The molecular formula is C17H34N2O. The first-order valence-corrected chi connectivity index (χ1v) is 8.90. The maximum Gasteiger partial charge on any atom is 0.0707 e. The van der Waals surface area contributed by atoms with Gasteiger partial charge in [-0.3, -0.25) is 0 Å². The minimum absolute atomic E-state index is 0.458. The minimum atomic E-state index is 0.458. The molecular weight excluding hydrogens is 248 g/mol. The van der Waals surface area contributed by atoms with Gasteiger partial charge in [-0.15, -0.1) is 0 Å². The maximum atomic E-state index is 6.18. The van der Waals surface area contributed by atoms with Crippen molar-refractivity contribution >= 4 is 0 Å².